The molecule has 1 aliphatic rings. The van der Waals surface area contributed by atoms with E-state index in [2.05, 4.69) is 19.8 Å². The van der Waals surface area contributed by atoms with E-state index in [9.17, 15) is 14.7 Å². The lowest BCUT2D eigenvalue weighted by molar-refractivity contribution is 0.0695. The van der Waals surface area contributed by atoms with E-state index in [-0.39, 0.29) is 10.9 Å². The molecular formula is C21H24N6O3. The van der Waals surface area contributed by atoms with E-state index >= 15 is 0 Å². The Morgan fingerprint density at radius 3 is 2.50 bits per heavy atom. The number of nitrogens with zero attached hydrogens (tertiary/aromatic N) is 5. The van der Waals surface area contributed by atoms with Crippen LogP contribution in [-0.2, 0) is 13.1 Å². The van der Waals surface area contributed by atoms with Crippen molar-refractivity contribution in [1.82, 2.24) is 19.4 Å². The standard InChI is InChI=1S/C21H24N6O3/c1-2-26-13-17(20(29)30)18(28)16-11-23-21(24-19(16)26)27-9-7-25(8-10-27)12-14-3-5-15(22)6-4-14/h3-6,11,13H,2,7-10,12,22H2,1H3,(H,29,30). The third kappa shape index (κ3) is 3.84. The van der Waals surface area contributed by atoms with Gasteiger partial charge >= 0.3 is 5.97 Å². The maximum absolute atomic E-state index is 12.5. The molecule has 156 valence electrons. The number of carbonyl (C=O) groups is 1. The number of hydrogen-bond acceptors (Lipinski definition) is 7. The number of pyridine rings is 1. The molecule has 0 spiro atoms. The molecule has 0 radical (unpaired) electrons. The van der Waals surface area contributed by atoms with E-state index in [4.69, 9.17) is 5.73 Å². The highest BCUT2D eigenvalue weighted by atomic mass is 16.4. The highest BCUT2D eigenvalue weighted by Gasteiger charge is 2.21. The molecule has 3 heterocycles. The number of hydrogen-bond donors (Lipinski definition) is 2. The van der Waals surface area contributed by atoms with Crippen molar-refractivity contribution in [1.29, 1.82) is 0 Å². The third-order valence-corrected chi connectivity index (χ3v) is 5.41. The van der Waals surface area contributed by atoms with Gasteiger partial charge in [-0.3, -0.25) is 9.69 Å². The average Bonchev–Trinajstić information content (AvgIpc) is 2.76. The van der Waals surface area contributed by atoms with Crippen molar-refractivity contribution in [2.24, 2.45) is 0 Å². The van der Waals surface area contributed by atoms with Gasteiger partial charge in [-0.2, -0.15) is 4.98 Å². The van der Waals surface area contributed by atoms with Crippen molar-refractivity contribution in [3.05, 3.63) is 58.0 Å². The Balaban J connectivity index is 1.53. The fraction of sp³-hybridized carbons (Fsp3) is 0.333. The first-order valence-corrected chi connectivity index (χ1v) is 9.91. The number of carboxylic acid groups (broad SMARTS) is 1. The molecule has 9 heteroatoms. The minimum Gasteiger partial charge on any atom is -0.477 e. The molecule has 0 saturated carbocycles. The summed E-state index contributed by atoms with van der Waals surface area (Å²) < 4.78 is 1.68. The minimum absolute atomic E-state index is 0.225. The average molecular weight is 408 g/mol. The molecule has 0 unspecified atom stereocenters. The quantitative estimate of drug-likeness (QED) is 0.609. The van der Waals surface area contributed by atoms with Crippen molar-refractivity contribution in [3.8, 4) is 0 Å². The number of aromatic nitrogens is 3. The number of aromatic carboxylic acids is 1. The molecule has 30 heavy (non-hydrogen) atoms. The lowest BCUT2D eigenvalue weighted by Crippen LogP contribution is -2.46. The van der Waals surface area contributed by atoms with Crippen LogP contribution in [0.5, 0.6) is 0 Å². The first-order chi connectivity index (χ1) is 14.5. The summed E-state index contributed by atoms with van der Waals surface area (Å²) >= 11 is 0. The Morgan fingerprint density at radius 1 is 1.17 bits per heavy atom. The highest BCUT2D eigenvalue weighted by molar-refractivity contribution is 5.91. The highest BCUT2D eigenvalue weighted by Crippen LogP contribution is 2.17. The van der Waals surface area contributed by atoms with Gasteiger partial charge in [0.25, 0.3) is 0 Å². The van der Waals surface area contributed by atoms with Gasteiger partial charge < -0.3 is 20.3 Å². The molecule has 3 N–H and O–H groups in total. The number of anilines is 2. The van der Waals surface area contributed by atoms with Crippen LogP contribution in [0.25, 0.3) is 11.0 Å². The van der Waals surface area contributed by atoms with Gasteiger partial charge in [0.2, 0.25) is 11.4 Å². The minimum atomic E-state index is -1.24. The van der Waals surface area contributed by atoms with Crippen LogP contribution in [0, 0.1) is 0 Å². The Kier molecular flexibility index (Phi) is 5.37. The third-order valence-electron chi connectivity index (χ3n) is 5.41. The largest absolute Gasteiger partial charge is 0.477 e. The number of rotatable bonds is 5. The van der Waals surface area contributed by atoms with E-state index < -0.39 is 11.4 Å². The fourth-order valence-corrected chi connectivity index (χ4v) is 3.70. The molecule has 0 aliphatic carbocycles. The maximum atomic E-state index is 12.5. The second-order valence-corrected chi connectivity index (χ2v) is 7.38. The van der Waals surface area contributed by atoms with E-state index in [1.807, 2.05) is 31.2 Å². The van der Waals surface area contributed by atoms with Crippen LogP contribution in [-0.4, -0.2) is 56.7 Å². The van der Waals surface area contributed by atoms with Crippen LogP contribution in [0.2, 0.25) is 0 Å². The van der Waals surface area contributed by atoms with Gasteiger partial charge in [0.05, 0.1) is 5.39 Å². The fourth-order valence-electron chi connectivity index (χ4n) is 3.70. The number of carboxylic acids is 1. The van der Waals surface area contributed by atoms with Gasteiger partial charge in [0, 0.05) is 57.3 Å². The molecule has 1 aromatic carbocycles. The predicted molar refractivity (Wildman–Crippen MR) is 115 cm³/mol. The van der Waals surface area contributed by atoms with Crippen LogP contribution < -0.4 is 16.1 Å². The number of fused-ring (bicyclic) bond motifs is 1. The van der Waals surface area contributed by atoms with Gasteiger partial charge in [-0.05, 0) is 24.6 Å². The SMILES string of the molecule is CCn1cc(C(=O)O)c(=O)c2cnc(N3CCN(Cc4ccc(N)cc4)CC3)nc21. The summed E-state index contributed by atoms with van der Waals surface area (Å²) in [5, 5.41) is 9.50. The van der Waals surface area contributed by atoms with E-state index in [0.29, 0.717) is 18.1 Å². The second kappa shape index (κ2) is 8.11. The molecule has 1 aliphatic heterocycles. The van der Waals surface area contributed by atoms with Gasteiger partial charge in [0.15, 0.2) is 0 Å². The number of benzene rings is 1. The predicted octanol–water partition coefficient (Wildman–Crippen LogP) is 1.41. The first-order valence-electron chi connectivity index (χ1n) is 9.91. The molecule has 0 bridgehead atoms. The Labute approximate surface area is 173 Å². The van der Waals surface area contributed by atoms with Crippen LogP contribution in [0.4, 0.5) is 11.6 Å². The maximum Gasteiger partial charge on any atom is 0.341 e. The zero-order valence-corrected chi connectivity index (χ0v) is 16.8. The lowest BCUT2D eigenvalue weighted by Gasteiger charge is -2.34. The topological polar surface area (TPSA) is 118 Å². The van der Waals surface area contributed by atoms with Crippen molar-refractivity contribution in [3.63, 3.8) is 0 Å². The summed E-state index contributed by atoms with van der Waals surface area (Å²) in [5.74, 6) is -0.690. The molecule has 1 saturated heterocycles. The van der Waals surface area contributed by atoms with Crippen LogP contribution in [0.15, 0.2) is 41.5 Å². The summed E-state index contributed by atoms with van der Waals surface area (Å²) in [7, 11) is 0. The molecule has 0 atom stereocenters. The molecule has 9 nitrogen and oxygen atoms in total. The Bertz CT molecular complexity index is 1130. The molecule has 0 amide bonds. The number of aryl methyl sites for hydroxylation is 1. The van der Waals surface area contributed by atoms with Crippen LogP contribution in [0.1, 0.15) is 22.8 Å². The molecule has 4 rings (SSSR count). The van der Waals surface area contributed by atoms with Crippen molar-refractivity contribution >= 4 is 28.6 Å². The number of nitrogen functional groups attached to an aromatic ring is 1. The monoisotopic (exact) mass is 408 g/mol. The van der Waals surface area contributed by atoms with Crippen molar-refractivity contribution in [2.75, 3.05) is 36.8 Å². The summed E-state index contributed by atoms with van der Waals surface area (Å²) in [6, 6.07) is 7.92. The summed E-state index contributed by atoms with van der Waals surface area (Å²) in [5.41, 5.74) is 7.38. The molecule has 2 aromatic heterocycles. The summed E-state index contributed by atoms with van der Waals surface area (Å²) in [6.07, 6.45) is 2.80. The van der Waals surface area contributed by atoms with Gasteiger partial charge in [-0.1, -0.05) is 12.1 Å². The van der Waals surface area contributed by atoms with Crippen molar-refractivity contribution in [2.45, 2.75) is 20.0 Å². The van der Waals surface area contributed by atoms with Gasteiger partial charge in [0.1, 0.15) is 11.2 Å². The number of nitrogens with two attached hydrogens (primary N) is 1. The lowest BCUT2D eigenvalue weighted by atomic mass is 10.2. The molecule has 1 fully saturated rings. The van der Waals surface area contributed by atoms with Crippen molar-refractivity contribution < 1.29 is 9.90 Å². The molecule has 3 aromatic rings. The van der Waals surface area contributed by atoms with Crippen LogP contribution >= 0.6 is 0 Å². The summed E-state index contributed by atoms with van der Waals surface area (Å²) in [4.78, 5) is 37.2. The first kappa shape index (κ1) is 19.8. The summed E-state index contributed by atoms with van der Waals surface area (Å²) in [6.45, 7) is 6.51. The van der Waals surface area contributed by atoms with Gasteiger partial charge in [-0.25, -0.2) is 9.78 Å². The van der Waals surface area contributed by atoms with E-state index in [0.717, 1.165) is 38.4 Å². The zero-order valence-electron chi connectivity index (χ0n) is 16.8. The van der Waals surface area contributed by atoms with E-state index in [1.165, 1.54) is 18.0 Å². The van der Waals surface area contributed by atoms with E-state index in [1.54, 1.807) is 4.57 Å². The van der Waals surface area contributed by atoms with Crippen LogP contribution in [0.3, 0.4) is 0 Å². The second-order valence-electron chi connectivity index (χ2n) is 7.38. The Morgan fingerprint density at radius 2 is 1.87 bits per heavy atom. The Hall–Kier alpha value is -3.46. The smallest absolute Gasteiger partial charge is 0.341 e. The number of piperazine rings is 1. The molecular weight excluding hydrogens is 384 g/mol. The zero-order chi connectivity index (χ0) is 21.3. The normalized spacial score (nSPS) is 14.9. The van der Waals surface area contributed by atoms with Gasteiger partial charge in [-0.15, -0.1) is 0 Å².